The van der Waals surface area contributed by atoms with Crippen LogP contribution in [0.5, 0.6) is 0 Å². The zero-order valence-corrected chi connectivity index (χ0v) is 13.8. The molecule has 1 saturated heterocycles. The number of carbonyl (C=O) groups is 1. The van der Waals surface area contributed by atoms with E-state index in [-0.39, 0.29) is 11.8 Å². The molecule has 0 spiro atoms. The lowest BCUT2D eigenvalue weighted by atomic mass is 10.1. The van der Waals surface area contributed by atoms with Crippen LogP contribution in [0.2, 0.25) is 0 Å². The Kier molecular flexibility index (Phi) is 4.32. The van der Waals surface area contributed by atoms with Gasteiger partial charge in [0.1, 0.15) is 17.6 Å². The van der Waals surface area contributed by atoms with Crippen LogP contribution in [-0.2, 0) is 0 Å². The number of pyridine rings is 1. The average Bonchev–Trinajstić information content (AvgIpc) is 3.04. The second-order valence-corrected chi connectivity index (χ2v) is 6.24. The predicted molar refractivity (Wildman–Crippen MR) is 87.7 cm³/mol. The van der Waals surface area contributed by atoms with Crippen LogP contribution in [0.4, 0.5) is 5.82 Å². The van der Waals surface area contributed by atoms with E-state index in [2.05, 4.69) is 28.0 Å². The van der Waals surface area contributed by atoms with Crippen LogP contribution < -0.4 is 4.90 Å². The van der Waals surface area contributed by atoms with Crippen molar-refractivity contribution in [2.75, 3.05) is 31.1 Å². The Bertz CT molecular complexity index is 687. The Morgan fingerprint density at radius 2 is 2.00 bits per heavy atom. The third kappa shape index (κ3) is 3.21. The minimum atomic E-state index is 0.00630. The quantitative estimate of drug-likeness (QED) is 0.871. The smallest absolute Gasteiger partial charge is 0.259 e. The fourth-order valence-electron chi connectivity index (χ4n) is 2.82. The highest BCUT2D eigenvalue weighted by molar-refractivity contribution is 5.95. The normalized spacial score (nSPS) is 15.3. The van der Waals surface area contributed by atoms with E-state index in [1.807, 2.05) is 31.0 Å². The van der Waals surface area contributed by atoms with Gasteiger partial charge in [-0.15, -0.1) is 0 Å². The highest BCUT2D eigenvalue weighted by atomic mass is 16.5. The van der Waals surface area contributed by atoms with Crippen LogP contribution in [0.15, 0.2) is 29.1 Å². The number of aromatic nitrogens is 2. The van der Waals surface area contributed by atoms with E-state index in [0.717, 1.165) is 24.6 Å². The third-order valence-corrected chi connectivity index (χ3v) is 4.17. The fraction of sp³-hybridized carbons (Fsp3) is 0.471. The van der Waals surface area contributed by atoms with Crippen LogP contribution in [0, 0.1) is 6.92 Å². The first-order chi connectivity index (χ1) is 11.1. The van der Waals surface area contributed by atoms with Gasteiger partial charge in [0.05, 0.1) is 5.69 Å². The zero-order chi connectivity index (χ0) is 16.4. The molecule has 2 aromatic rings. The number of carbonyl (C=O) groups excluding carboxylic acids is 1. The van der Waals surface area contributed by atoms with Crippen LogP contribution in [0.25, 0.3) is 0 Å². The SMILES string of the molecule is Cc1ccnc(N2CCN(C(=O)c3conc3C(C)C)CC2)c1. The number of hydrogen-bond donors (Lipinski definition) is 0. The summed E-state index contributed by atoms with van der Waals surface area (Å²) in [6, 6.07) is 4.07. The molecule has 1 aliphatic heterocycles. The van der Waals surface area contributed by atoms with Crippen molar-refractivity contribution in [2.24, 2.45) is 0 Å². The molecule has 122 valence electrons. The highest BCUT2D eigenvalue weighted by Crippen LogP contribution is 2.21. The molecule has 6 nitrogen and oxygen atoms in total. The fourth-order valence-corrected chi connectivity index (χ4v) is 2.82. The van der Waals surface area contributed by atoms with Crippen molar-refractivity contribution in [3.05, 3.63) is 41.4 Å². The Hall–Kier alpha value is -2.37. The van der Waals surface area contributed by atoms with E-state index in [1.54, 1.807) is 0 Å². The van der Waals surface area contributed by atoms with Crippen molar-refractivity contribution in [1.29, 1.82) is 0 Å². The molecule has 0 N–H and O–H groups in total. The zero-order valence-electron chi connectivity index (χ0n) is 13.8. The van der Waals surface area contributed by atoms with E-state index in [4.69, 9.17) is 4.52 Å². The number of piperazine rings is 1. The van der Waals surface area contributed by atoms with Gasteiger partial charge in [0.15, 0.2) is 0 Å². The largest absolute Gasteiger partial charge is 0.364 e. The number of nitrogens with zero attached hydrogens (tertiary/aromatic N) is 4. The minimum Gasteiger partial charge on any atom is -0.364 e. The lowest BCUT2D eigenvalue weighted by molar-refractivity contribution is 0.0744. The lowest BCUT2D eigenvalue weighted by Gasteiger charge is -2.35. The molecule has 1 fully saturated rings. The molecule has 1 aliphatic rings. The molecule has 0 bridgehead atoms. The van der Waals surface area contributed by atoms with Crippen LogP contribution in [0.1, 0.15) is 41.4 Å². The maximum atomic E-state index is 12.7. The van der Waals surface area contributed by atoms with Crippen molar-refractivity contribution in [2.45, 2.75) is 26.7 Å². The van der Waals surface area contributed by atoms with E-state index in [9.17, 15) is 4.79 Å². The molecule has 0 unspecified atom stereocenters. The van der Waals surface area contributed by atoms with Gasteiger partial charge in [0.2, 0.25) is 0 Å². The molecule has 0 aliphatic carbocycles. The van der Waals surface area contributed by atoms with Crippen molar-refractivity contribution < 1.29 is 9.32 Å². The molecule has 0 atom stereocenters. The van der Waals surface area contributed by atoms with Gasteiger partial charge in [-0.2, -0.15) is 0 Å². The second-order valence-electron chi connectivity index (χ2n) is 6.24. The molecule has 6 heteroatoms. The first kappa shape index (κ1) is 15.5. The number of hydrogen-bond acceptors (Lipinski definition) is 5. The third-order valence-electron chi connectivity index (χ3n) is 4.17. The highest BCUT2D eigenvalue weighted by Gasteiger charge is 2.27. The van der Waals surface area contributed by atoms with Gasteiger partial charge >= 0.3 is 0 Å². The molecule has 0 saturated carbocycles. The minimum absolute atomic E-state index is 0.00630. The summed E-state index contributed by atoms with van der Waals surface area (Å²) in [6.07, 6.45) is 3.29. The molecule has 0 aromatic carbocycles. The van der Waals surface area contributed by atoms with E-state index in [1.165, 1.54) is 11.8 Å². The van der Waals surface area contributed by atoms with Gasteiger partial charge in [-0.05, 0) is 30.5 Å². The number of aryl methyl sites for hydroxylation is 1. The summed E-state index contributed by atoms with van der Waals surface area (Å²) in [4.78, 5) is 21.2. The molecule has 2 aromatic heterocycles. The lowest BCUT2D eigenvalue weighted by Crippen LogP contribution is -2.49. The monoisotopic (exact) mass is 314 g/mol. The number of amides is 1. The molecule has 23 heavy (non-hydrogen) atoms. The Morgan fingerprint density at radius 1 is 1.26 bits per heavy atom. The summed E-state index contributed by atoms with van der Waals surface area (Å²) in [5.41, 5.74) is 2.51. The van der Waals surface area contributed by atoms with Crippen molar-refractivity contribution >= 4 is 11.7 Å². The Labute approximate surface area is 136 Å². The first-order valence-electron chi connectivity index (χ1n) is 7.97. The summed E-state index contributed by atoms with van der Waals surface area (Å²) >= 11 is 0. The van der Waals surface area contributed by atoms with E-state index < -0.39 is 0 Å². The van der Waals surface area contributed by atoms with Gasteiger partial charge in [0, 0.05) is 32.4 Å². The molecule has 3 rings (SSSR count). The second kappa shape index (κ2) is 6.40. The van der Waals surface area contributed by atoms with Crippen LogP contribution in [0.3, 0.4) is 0 Å². The van der Waals surface area contributed by atoms with Crippen molar-refractivity contribution in [3.8, 4) is 0 Å². The number of rotatable bonds is 3. The van der Waals surface area contributed by atoms with Gasteiger partial charge in [-0.3, -0.25) is 4.79 Å². The maximum absolute atomic E-state index is 12.7. The molecular formula is C17H22N4O2. The van der Waals surface area contributed by atoms with E-state index >= 15 is 0 Å². The average molecular weight is 314 g/mol. The molecule has 0 radical (unpaired) electrons. The summed E-state index contributed by atoms with van der Waals surface area (Å²) < 4.78 is 5.00. The first-order valence-corrected chi connectivity index (χ1v) is 7.97. The van der Waals surface area contributed by atoms with Gasteiger partial charge in [-0.1, -0.05) is 19.0 Å². The maximum Gasteiger partial charge on any atom is 0.259 e. The van der Waals surface area contributed by atoms with Crippen LogP contribution in [-0.4, -0.2) is 47.1 Å². The molecule has 1 amide bonds. The molecular weight excluding hydrogens is 292 g/mol. The summed E-state index contributed by atoms with van der Waals surface area (Å²) in [5.74, 6) is 1.15. The van der Waals surface area contributed by atoms with Gasteiger partial charge in [-0.25, -0.2) is 4.98 Å². The van der Waals surface area contributed by atoms with Gasteiger partial charge < -0.3 is 14.3 Å². The standard InChI is InChI=1S/C17H22N4O2/c1-12(2)16-14(11-23-19-16)17(22)21-8-6-20(7-9-21)15-10-13(3)4-5-18-15/h4-5,10-12H,6-9H2,1-3H3. The summed E-state index contributed by atoms with van der Waals surface area (Å²) in [6.45, 7) is 9.00. The predicted octanol–water partition coefficient (Wildman–Crippen LogP) is 2.46. The number of anilines is 1. The van der Waals surface area contributed by atoms with Crippen molar-refractivity contribution in [3.63, 3.8) is 0 Å². The molecule has 3 heterocycles. The Balaban J connectivity index is 1.67. The van der Waals surface area contributed by atoms with Crippen molar-refractivity contribution in [1.82, 2.24) is 15.0 Å². The van der Waals surface area contributed by atoms with E-state index in [0.29, 0.717) is 18.7 Å². The Morgan fingerprint density at radius 3 is 2.65 bits per heavy atom. The topological polar surface area (TPSA) is 62.5 Å². The van der Waals surface area contributed by atoms with Crippen LogP contribution >= 0.6 is 0 Å². The summed E-state index contributed by atoms with van der Waals surface area (Å²) in [7, 11) is 0. The summed E-state index contributed by atoms with van der Waals surface area (Å²) in [5, 5.41) is 3.96. The van der Waals surface area contributed by atoms with Gasteiger partial charge in [0.25, 0.3) is 5.91 Å².